The highest BCUT2D eigenvalue weighted by Gasteiger charge is 2.48. The first-order valence-corrected chi connectivity index (χ1v) is 8.21. The Morgan fingerprint density at radius 3 is 2.41 bits per heavy atom. The van der Waals surface area contributed by atoms with Crippen LogP contribution in [0.1, 0.15) is 16.7 Å². The molecule has 0 saturated heterocycles. The summed E-state index contributed by atoms with van der Waals surface area (Å²) in [5.41, 5.74) is 0.873. The van der Waals surface area contributed by atoms with Crippen molar-refractivity contribution in [3.63, 3.8) is 0 Å². The molecule has 1 heterocycles. The maximum absolute atomic E-state index is 13.2. The number of hydrogen-bond acceptors (Lipinski definition) is 3. The Kier molecular flexibility index (Phi) is 4.82. The average molecular weight is 399 g/mol. The fraction of sp³-hybridized carbons (Fsp3) is 0.211. The van der Waals surface area contributed by atoms with Crippen molar-refractivity contribution in [2.75, 3.05) is 0 Å². The molecule has 0 amide bonds. The average Bonchev–Trinajstić information content (AvgIpc) is 2.56. The number of benzene rings is 2. The molecule has 0 aliphatic carbocycles. The maximum Gasteiger partial charge on any atom is 0.430 e. The number of aliphatic carboxylic acids is 1. The molecule has 0 unspecified atom stereocenters. The lowest BCUT2D eigenvalue weighted by Crippen LogP contribution is -2.40. The second kappa shape index (κ2) is 6.81. The molecule has 1 aliphatic rings. The molecule has 8 heteroatoms. The minimum Gasteiger partial charge on any atom is -0.478 e. The number of aryl methyl sites for hydroxylation is 2. The third kappa shape index (κ3) is 3.73. The molecule has 1 atom stereocenters. The van der Waals surface area contributed by atoms with Crippen LogP contribution in [0.2, 0.25) is 5.02 Å². The van der Waals surface area contributed by atoms with Crippen LogP contribution in [0.15, 0.2) is 35.9 Å². The third-order valence-corrected chi connectivity index (χ3v) is 4.36. The number of halogens is 4. The van der Waals surface area contributed by atoms with Gasteiger partial charge in [-0.3, -0.25) is 0 Å². The first kappa shape index (κ1) is 19.1. The molecule has 1 aliphatic heterocycles. The number of carboxylic acid groups (broad SMARTS) is 1. The van der Waals surface area contributed by atoms with Gasteiger partial charge in [0, 0.05) is 11.6 Å². The Morgan fingerprint density at radius 1 is 1.22 bits per heavy atom. The normalized spacial score (nSPS) is 16.2. The summed E-state index contributed by atoms with van der Waals surface area (Å²) in [5, 5.41) is 9.19. The molecule has 2 aromatic carbocycles. The van der Waals surface area contributed by atoms with E-state index < -0.39 is 23.8 Å². The number of rotatable bonds is 3. The van der Waals surface area contributed by atoms with Crippen molar-refractivity contribution < 1.29 is 32.5 Å². The van der Waals surface area contributed by atoms with E-state index in [0.29, 0.717) is 5.75 Å². The van der Waals surface area contributed by atoms with Gasteiger partial charge in [-0.05, 0) is 37.1 Å². The van der Waals surface area contributed by atoms with E-state index in [-0.39, 0.29) is 22.1 Å². The maximum atomic E-state index is 13.2. The van der Waals surface area contributed by atoms with Crippen LogP contribution < -0.4 is 9.47 Å². The van der Waals surface area contributed by atoms with Crippen molar-refractivity contribution in [1.82, 2.24) is 0 Å². The van der Waals surface area contributed by atoms with E-state index in [1.54, 1.807) is 0 Å². The highest BCUT2D eigenvalue weighted by atomic mass is 35.5. The molecular formula is C19H14ClF3O4. The molecular weight excluding hydrogens is 385 g/mol. The van der Waals surface area contributed by atoms with Gasteiger partial charge in [0.2, 0.25) is 6.10 Å². The summed E-state index contributed by atoms with van der Waals surface area (Å²) in [7, 11) is 0. The Hall–Kier alpha value is -2.67. The van der Waals surface area contributed by atoms with Gasteiger partial charge in [0.25, 0.3) is 0 Å². The molecule has 3 rings (SSSR count). The Bertz CT molecular complexity index is 930. The van der Waals surface area contributed by atoms with Gasteiger partial charge in [0.1, 0.15) is 17.2 Å². The first-order chi connectivity index (χ1) is 12.6. The molecule has 1 N–H and O–H groups in total. The van der Waals surface area contributed by atoms with Gasteiger partial charge >= 0.3 is 12.1 Å². The van der Waals surface area contributed by atoms with E-state index in [9.17, 15) is 18.0 Å². The second-order valence-corrected chi connectivity index (χ2v) is 6.49. The minimum absolute atomic E-state index is 0.112. The zero-order valence-corrected chi connectivity index (χ0v) is 15.0. The fourth-order valence-corrected chi connectivity index (χ4v) is 2.97. The lowest BCUT2D eigenvalue weighted by Gasteiger charge is -2.27. The summed E-state index contributed by atoms with van der Waals surface area (Å²) in [6.07, 6.45) is -6.54. The van der Waals surface area contributed by atoms with Crippen LogP contribution in [-0.4, -0.2) is 23.4 Å². The molecule has 0 fully saturated rings. The van der Waals surface area contributed by atoms with Crippen molar-refractivity contribution in [1.29, 1.82) is 0 Å². The monoisotopic (exact) mass is 398 g/mol. The number of para-hydroxylation sites is 1. The molecule has 2 aromatic rings. The Morgan fingerprint density at radius 2 is 1.85 bits per heavy atom. The standard InChI is InChI=1S/C19H14ClF3O4/c1-9-4-3-5-10(2)16(9)26-15-8-14-11(7-13(15)20)6-12(18(24)25)17(27-14)19(21,22)23/h3-8,17H,1-2H3,(H,24,25)/t17-/m0/s1. The Balaban J connectivity index is 2.05. The van der Waals surface area contributed by atoms with E-state index in [1.165, 1.54) is 12.1 Å². The summed E-state index contributed by atoms with van der Waals surface area (Å²) in [5.74, 6) is -1.23. The van der Waals surface area contributed by atoms with Gasteiger partial charge in [-0.15, -0.1) is 0 Å². The highest BCUT2D eigenvalue weighted by Crippen LogP contribution is 2.43. The van der Waals surface area contributed by atoms with Gasteiger partial charge in [-0.25, -0.2) is 4.79 Å². The van der Waals surface area contributed by atoms with E-state index in [2.05, 4.69) is 0 Å². The molecule has 0 spiro atoms. The van der Waals surface area contributed by atoms with E-state index in [1.807, 2.05) is 32.0 Å². The summed E-state index contributed by atoms with van der Waals surface area (Å²) in [4.78, 5) is 11.2. The van der Waals surface area contributed by atoms with E-state index in [4.69, 9.17) is 26.2 Å². The van der Waals surface area contributed by atoms with Crippen LogP contribution in [-0.2, 0) is 4.79 Å². The van der Waals surface area contributed by atoms with E-state index in [0.717, 1.165) is 17.2 Å². The van der Waals surface area contributed by atoms with E-state index >= 15 is 0 Å². The summed E-state index contributed by atoms with van der Waals surface area (Å²) >= 11 is 6.19. The largest absolute Gasteiger partial charge is 0.478 e. The third-order valence-electron chi connectivity index (χ3n) is 4.07. The second-order valence-electron chi connectivity index (χ2n) is 6.09. The fourth-order valence-electron chi connectivity index (χ4n) is 2.76. The number of ether oxygens (including phenoxy) is 2. The molecule has 0 bridgehead atoms. The molecule has 4 nitrogen and oxygen atoms in total. The van der Waals surface area contributed by atoms with Gasteiger partial charge in [-0.2, -0.15) is 13.2 Å². The van der Waals surface area contributed by atoms with Crippen molar-refractivity contribution in [3.05, 3.63) is 57.6 Å². The predicted molar refractivity (Wildman–Crippen MR) is 93.5 cm³/mol. The minimum atomic E-state index is -4.88. The number of fused-ring (bicyclic) bond motifs is 1. The lowest BCUT2D eigenvalue weighted by atomic mass is 10.0. The predicted octanol–water partition coefficient (Wildman–Crippen LogP) is 5.54. The molecule has 0 aromatic heterocycles. The first-order valence-electron chi connectivity index (χ1n) is 7.84. The zero-order valence-electron chi connectivity index (χ0n) is 14.2. The smallest absolute Gasteiger partial charge is 0.430 e. The van der Waals surface area contributed by atoms with Crippen molar-refractivity contribution in [2.24, 2.45) is 0 Å². The van der Waals surface area contributed by atoms with Crippen LogP contribution in [0, 0.1) is 13.8 Å². The van der Waals surface area contributed by atoms with Crippen LogP contribution in [0.3, 0.4) is 0 Å². The molecule has 142 valence electrons. The van der Waals surface area contributed by atoms with Gasteiger partial charge in [-0.1, -0.05) is 29.8 Å². The molecule has 0 radical (unpaired) electrons. The van der Waals surface area contributed by atoms with Crippen molar-refractivity contribution >= 4 is 23.6 Å². The van der Waals surface area contributed by atoms with Crippen LogP contribution in [0.4, 0.5) is 13.2 Å². The number of hydrogen-bond donors (Lipinski definition) is 1. The molecule has 27 heavy (non-hydrogen) atoms. The highest BCUT2D eigenvalue weighted by molar-refractivity contribution is 6.32. The summed E-state index contributed by atoms with van der Waals surface area (Å²) in [6, 6.07) is 8.05. The molecule has 0 saturated carbocycles. The summed E-state index contributed by atoms with van der Waals surface area (Å²) < 4.78 is 50.3. The van der Waals surface area contributed by atoms with Crippen LogP contribution in [0.5, 0.6) is 17.2 Å². The van der Waals surface area contributed by atoms with Crippen LogP contribution in [0.25, 0.3) is 6.08 Å². The topological polar surface area (TPSA) is 55.8 Å². The summed E-state index contributed by atoms with van der Waals surface area (Å²) in [6.45, 7) is 3.65. The quantitative estimate of drug-likeness (QED) is 0.737. The van der Waals surface area contributed by atoms with Gasteiger partial charge in [0.15, 0.2) is 0 Å². The number of carboxylic acids is 1. The zero-order chi connectivity index (χ0) is 19.9. The van der Waals surface area contributed by atoms with Crippen LogP contribution >= 0.6 is 11.6 Å². The SMILES string of the molecule is Cc1cccc(C)c1Oc1cc2c(cc1Cl)C=C(C(=O)O)[C@@H](C(F)(F)F)O2. The van der Waals surface area contributed by atoms with Crippen molar-refractivity contribution in [3.8, 4) is 17.2 Å². The van der Waals surface area contributed by atoms with Gasteiger partial charge in [0.05, 0.1) is 10.6 Å². The van der Waals surface area contributed by atoms with Crippen molar-refractivity contribution in [2.45, 2.75) is 26.1 Å². The Labute approximate surface area is 157 Å². The number of carbonyl (C=O) groups is 1. The number of alkyl halides is 3. The van der Waals surface area contributed by atoms with Gasteiger partial charge < -0.3 is 14.6 Å². The lowest BCUT2D eigenvalue weighted by molar-refractivity contribution is -0.187.